The second kappa shape index (κ2) is 5.07. The fourth-order valence-corrected chi connectivity index (χ4v) is 2.01. The van der Waals surface area contributed by atoms with Crippen molar-refractivity contribution in [2.75, 3.05) is 0 Å². The van der Waals surface area contributed by atoms with Gasteiger partial charge in [-0.15, -0.1) is 0 Å². The van der Waals surface area contributed by atoms with E-state index < -0.39 is 0 Å². The molecule has 2 rings (SSSR count). The lowest BCUT2D eigenvalue weighted by atomic mass is 10.1. The fraction of sp³-hybridized carbons (Fsp3) is 0.143. The molecule has 0 fully saturated rings. The summed E-state index contributed by atoms with van der Waals surface area (Å²) in [6, 6.07) is 10.8. The number of hydrogen-bond donors (Lipinski definition) is 0. The minimum atomic E-state index is -0.295. The predicted molar refractivity (Wildman–Crippen MR) is 70.7 cm³/mol. The van der Waals surface area contributed by atoms with Crippen LogP contribution in [0.3, 0.4) is 0 Å². The molecule has 4 heteroatoms. The van der Waals surface area contributed by atoms with Crippen LogP contribution in [-0.2, 0) is 6.54 Å². The molecule has 1 aromatic heterocycles. The van der Waals surface area contributed by atoms with Crippen LogP contribution in [0.5, 0.6) is 0 Å². The molecule has 2 aromatic rings. The first kappa shape index (κ1) is 12.4. The average molecular weight is 259 g/mol. The predicted octanol–water partition coefficient (Wildman–Crippen LogP) is 2.73. The van der Waals surface area contributed by atoms with Crippen molar-refractivity contribution in [1.82, 2.24) is 4.57 Å². The third-order valence-corrected chi connectivity index (χ3v) is 3.04. The molecule has 0 aliphatic heterocycles. The Morgan fingerprint density at radius 3 is 2.83 bits per heavy atom. The molecule has 0 saturated heterocycles. The van der Waals surface area contributed by atoms with Crippen LogP contribution in [-0.4, -0.2) is 4.57 Å². The van der Waals surface area contributed by atoms with Gasteiger partial charge in [-0.2, -0.15) is 5.26 Å². The van der Waals surface area contributed by atoms with E-state index in [0.717, 1.165) is 11.1 Å². The summed E-state index contributed by atoms with van der Waals surface area (Å²) in [6.07, 6.45) is 1.65. The number of rotatable bonds is 2. The van der Waals surface area contributed by atoms with Gasteiger partial charge in [0.15, 0.2) is 0 Å². The quantitative estimate of drug-likeness (QED) is 0.831. The second-order valence-electron chi connectivity index (χ2n) is 4.06. The van der Waals surface area contributed by atoms with E-state index in [1.165, 1.54) is 10.6 Å². The van der Waals surface area contributed by atoms with Crippen molar-refractivity contribution in [2.24, 2.45) is 0 Å². The fourth-order valence-electron chi connectivity index (χ4n) is 1.71. The number of benzene rings is 1. The zero-order valence-electron chi connectivity index (χ0n) is 9.85. The van der Waals surface area contributed by atoms with Gasteiger partial charge in [-0.3, -0.25) is 4.79 Å². The van der Waals surface area contributed by atoms with Crippen LogP contribution in [0, 0.1) is 18.3 Å². The molecule has 3 nitrogen and oxygen atoms in total. The van der Waals surface area contributed by atoms with E-state index in [1.807, 2.05) is 31.2 Å². The van der Waals surface area contributed by atoms with E-state index in [9.17, 15) is 4.79 Å². The second-order valence-corrected chi connectivity index (χ2v) is 4.47. The molecular formula is C14H11ClN2O. The molecule has 0 unspecified atom stereocenters. The van der Waals surface area contributed by atoms with E-state index in [0.29, 0.717) is 11.6 Å². The highest BCUT2D eigenvalue weighted by molar-refractivity contribution is 6.31. The molecule has 0 amide bonds. The third-order valence-electron chi connectivity index (χ3n) is 2.69. The van der Waals surface area contributed by atoms with Gasteiger partial charge < -0.3 is 4.57 Å². The molecule has 18 heavy (non-hydrogen) atoms. The highest BCUT2D eigenvalue weighted by Crippen LogP contribution is 2.18. The van der Waals surface area contributed by atoms with Gasteiger partial charge in [0.1, 0.15) is 11.6 Å². The smallest absolute Gasteiger partial charge is 0.268 e. The number of aromatic nitrogens is 1. The summed E-state index contributed by atoms with van der Waals surface area (Å²) in [6.45, 7) is 2.33. The Kier molecular flexibility index (Phi) is 3.50. The molecule has 0 N–H and O–H groups in total. The number of nitriles is 1. The average Bonchev–Trinajstić information content (AvgIpc) is 2.35. The van der Waals surface area contributed by atoms with E-state index in [-0.39, 0.29) is 11.1 Å². The third kappa shape index (κ3) is 2.44. The van der Waals surface area contributed by atoms with Gasteiger partial charge in [0.2, 0.25) is 0 Å². The van der Waals surface area contributed by atoms with Crippen molar-refractivity contribution in [1.29, 1.82) is 5.26 Å². The SMILES string of the molecule is Cc1ccc(Cn2cccc(C#N)c2=O)c(Cl)c1. The summed E-state index contributed by atoms with van der Waals surface area (Å²) >= 11 is 6.13. The van der Waals surface area contributed by atoms with Crippen LogP contribution in [0.4, 0.5) is 0 Å². The Morgan fingerprint density at radius 1 is 1.39 bits per heavy atom. The summed E-state index contributed by atoms with van der Waals surface area (Å²) in [5.41, 5.74) is 1.78. The van der Waals surface area contributed by atoms with Crippen LogP contribution in [0.1, 0.15) is 16.7 Å². The molecule has 0 atom stereocenters. The van der Waals surface area contributed by atoms with Gasteiger partial charge >= 0.3 is 0 Å². The van der Waals surface area contributed by atoms with E-state index in [2.05, 4.69) is 0 Å². The largest absolute Gasteiger partial charge is 0.310 e. The molecular weight excluding hydrogens is 248 g/mol. The monoisotopic (exact) mass is 258 g/mol. The summed E-state index contributed by atoms with van der Waals surface area (Å²) in [5, 5.41) is 9.44. The Labute approximate surface area is 110 Å². The topological polar surface area (TPSA) is 45.8 Å². The first-order valence-electron chi connectivity index (χ1n) is 5.46. The lowest BCUT2D eigenvalue weighted by Gasteiger charge is -2.08. The van der Waals surface area contributed by atoms with Gasteiger partial charge in [-0.25, -0.2) is 0 Å². The molecule has 0 spiro atoms. The Hall–Kier alpha value is -2.05. The molecule has 1 aromatic carbocycles. The maximum Gasteiger partial charge on any atom is 0.268 e. The van der Waals surface area contributed by atoms with Crippen LogP contribution in [0.15, 0.2) is 41.3 Å². The maximum absolute atomic E-state index is 11.9. The highest BCUT2D eigenvalue weighted by Gasteiger charge is 2.05. The number of nitrogens with zero attached hydrogens (tertiary/aromatic N) is 2. The lowest BCUT2D eigenvalue weighted by Crippen LogP contribution is -2.22. The molecule has 0 bridgehead atoms. The van der Waals surface area contributed by atoms with Crippen LogP contribution < -0.4 is 5.56 Å². The van der Waals surface area contributed by atoms with Gasteiger partial charge in [-0.05, 0) is 36.2 Å². The number of hydrogen-bond acceptors (Lipinski definition) is 2. The van der Waals surface area contributed by atoms with Crippen LogP contribution >= 0.6 is 11.6 Å². The van der Waals surface area contributed by atoms with Crippen molar-refractivity contribution in [2.45, 2.75) is 13.5 Å². The zero-order chi connectivity index (χ0) is 13.1. The standard InChI is InChI=1S/C14H11ClN2O/c1-10-4-5-12(13(15)7-10)9-17-6-2-3-11(8-16)14(17)18/h2-7H,9H2,1H3. The first-order valence-corrected chi connectivity index (χ1v) is 5.84. The normalized spacial score (nSPS) is 10.1. The van der Waals surface area contributed by atoms with Crippen molar-refractivity contribution < 1.29 is 0 Å². The first-order chi connectivity index (χ1) is 8.61. The molecule has 90 valence electrons. The van der Waals surface area contributed by atoms with Crippen LogP contribution in [0.25, 0.3) is 0 Å². The van der Waals surface area contributed by atoms with Gasteiger partial charge in [0.05, 0.1) is 6.54 Å². The van der Waals surface area contributed by atoms with E-state index >= 15 is 0 Å². The molecule has 1 heterocycles. The molecule has 0 aliphatic carbocycles. The Balaban J connectivity index is 2.41. The Morgan fingerprint density at radius 2 is 2.17 bits per heavy atom. The van der Waals surface area contributed by atoms with Crippen molar-refractivity contribution in [3.05, 3.63) is 68.6 Å². The zero-order valence-corrected chi connectivity index (χ0v) is 10.6. The van der Waals surface area contributed by atoms with Gasteiger partial charge in [0.25, 0.3) is 5.56 Å². The van der Waals surface area contributed by atoms with Gasteiger partial charge in [0, 0.05) is 11.2 Å². The maximum atomic E-state index is 11.9. The van der Waals surface area contributed by atoms with Gasteiger partial charge in [-0.1, -0.05) is 23.7 Å². The Bertz CT molecular complexity index is 683. The molecule has 0 aliphatic rings. The van der Waals surface area contributed by atoms with Crippen molar-refractivity contribution in [3.63, 3.8) is 0 Å². The molecule has 0 radical (unpaired) electrons. The van der Waals surface area contributed by atoms with Crippen molar-refractivity contribution >= 4 is 11.6 Å². The van der Waals surface area contributed by atoms with E-state index in [1.54, 1.807) is 12.3 Å². The number of halogens is 1. The van der Waals surface area contributed by atoms with E-state index in [4.69, 9.17) is 16.9 Å². The van der Waals surface area contributed by atoms with Crippen molar-refractivity contribution in [3.8, 4) is 6.07 Å². The molecule has 0 saturated carbocycles. The lowest BCUT2D eigenvalue weighted by molar-refractivity contribution is 0.756. The minimum Gasteiger partial charge on any atom is -0.310 e. The summed E-state index contributed by atoms with van der Waals surface area (Å²) in [5.74, 6) is 0. The summed E-state index contributed by atoms with van der Waals surface area (Å²) in [4.78, 5) is 11.9. The minimum absolute atomic E-state index is 0.140. The summed E-state index contributed by atoms with van der Waals surface area (Å²) in [7, 11) is 0. The highest BCUT2D eigenvalue weighted by atomic mass is 35.5. The summed E-state index contributed by atoms with van der Waals surface area (Å²) < 4.78 is 1.48. The number of aryl methyl sites for hydroxylation is 1. The number of pyridine rings is 1. The van der Waals surface area contributed by atoms with Crippen LogP contribution in [0.2, 0.25) is 5.02 Å².